The number of benzene rings is 1. The Morgan fingerprint density at radius 3 is 2.44 bits per heavy atom. The van der Waals surface area contributed by atoms with Gasteiger partial charge >= 0.3 is 5.97 Å². The van der Waals surface area contributed by atoms with Gasteiger partial charge in [0.15, 0.2) is 0 Å². The smallest absolute Gasteiger partial charge is 0.303 e. The second kappa shape index (κ2) is 13.2. The number of aliphatic hydroxyl groups excluding tert-OH is 2. The molecule has 32 heavy (non-hydrogen) atoms. The normalized spacial score (nSPS) is 24.9. The Labute approximate surface area is 193 Å². The van der Waals surface area contributed by atoms with Gasteiger partial charge in [-0.1, -0.05) is 31.4 Å². The van der Waals surface area contributed by atoms with Gasteiger partial charge in [-0.2, -0.15) is 0 Å². The lowest BCUT2D eigenvalue weighted by Crippen LogP contribution is -2.41. The third-order valence-electron chi connectivity index (χ3n) is 7.43. The number of aliphatic carboxylic acids is 1. The summed E-state index contributed by atoms with van der Waals surface area (Å²) in [5, 5.41) is 33.4. The number of nitrogens with one attached hydrogen (secondary N) is 1. The lowest BCUT2D eigenvalue weighted by molar-refractivity contribution is -0.137. The van der Waals surface area contributed by atoms with E-state index >= 15 is 0 Å². The molecule has 6 nitrogen and oxygen atoms in total. The third-order valence-corrected chi connectivity index (χ3v) is 7.43. The van der Waals surface area contributed by atoms with Crippen molar-refractivity contribution in [3.05, 3.63) is 29.8 Å². The topological polar surface area (TPSA) is 99.0 Å². The fourth-order valence-corrected chi connectivity index (χ4v) is 5.10. The SMILES string of the molecule is CNC(C)(CCc1cccc(OC)c1)CCC1C(O)CC(O)C1CCCCCCC(=O)O. The maximum Gasteiger partial charge on any atom is 0.303 e. The van der Waals surface area contributed by atoms with Gasteiger partial charge in [0.05, 0.1) is 19.3 Å². The van der Waals surface area contributed by atoms with Crippen molar-refractivity contribution in [2.24, 2.45) is 11.8 Å². The van der Waals surface area contributed by atoms with E-state index in [0.29, 0.717) is 12.8 Å². The molecule has 6 heteroatoms. The average molecular weight is 450 g/mol. The van der Waals surface area contributed by atoms with E-state index in [1.54, 1.807) is 7.11 Å². The van der Waals surface area contributed by atoms with Crippen LogP contribution in [0.5, 0.6) is 5.75 Å². The van der Waals surface area contributed by atoms with E-state index < -0.39 is 18.2 Å². The summed E-state index contributed by atoms with van der Waals surface area (Å²) < 4.78 is 5.33. The number of unbranched alkanes of at least 4 members (excludes halogenated alkanes) is 3. The Hall–Kier alpha value is -1.63. The number of carbonyl (C=O) groups is 1. The lowest BCUT2D eigenvalue weighted by atomic mass is 9.80. The Balaban J connectivity index is 1.84. The van der Waals surface area contributed by atoms with E-state index in [0.717, 1.165) is 57.1 Å². The first kappa shape index (κ1) is 26.6. The van der Waals surface area contributed by atoms with Crippen LogP contribution in [0.3, 0.4) is 0 Å². The van der Waals surface area contributed by atoms with Crippen LogP contribution < -0.4 is 10.1 Å². The molecule has 182 valence electrons. The molecule has 4 N–H and O–H groups in total. The number of rotatable bonds is 15. The van der Waals surface area contributed by atoms with Crippen LogP contribution in [0.1, 0.15) is 76.7 Å². The zero-order chi connectivity index (χ0) is 23.6. The van der Waals surface area contributed by atoms with Crippen molar-refractivity contribution in [2.75, 3.05) is 14.2 Å². The first-order valence-electron chi connectivity index (χ1n) is 12.2. The van der Waals surface area contributed by atoms with Gasteiger partial charge in [-0.25, -0.2) is 0 Å². The molecule has 1 aliphatic carbocycles. The predicted molar refractivity (Wildman–Crippen MR) is 127 cm³/mol. The Morgan fingerprint density at radius 1 is 1.09 bits per heavy atom. The summed E-state index contributed by atoms with van der Waals surface area (Å²) in [7, 11) is 3.69. The quantitative estimate of drug-likeness (QED) is 0.300. The van der Waals surface area contributed by atoms with Gasteiger partial charge in [-0.3, -0.25) is 4.79 Å². The van der Waals surface area contributed by atoms with Crippen molar-refractivity contribution < 1.29 is 24.9 Å². The van der Waals surface area contributed by atoms with Crippen LogP contribution >= 0.6 is 0 Å². The second-order valence-electron chi connectivity index (χ2n) is 9.75. The number of hydrogen-bond acceptors (Lipinski definition) is 5. The molecule has 1 aromatic carbocycles. The van der Waals surface area contributed by atoms with E-state index in [-0.39, 0.29) is 23.8 Å². The fraction of sp³-hybridized carbons (Fsp3) is 0.731. The molecule has 5 unspecified atom stereocenters. The number of aryl methyl sites for hydroxylation is 1. The van der Waals surface area contributed by atoms with Crippen LogP contribution in [0.15, 0.2) is 24.3 Å². The van der Waals surface area contributed by atoms with Gasteiger partial charge < -0.3 is 25.4 Å². The van der Waals surface area contributed by atoms with Crippen molar-refractivity contribution in [1.82, 2.24) is 5.32 Å². The molecular weight excluding hydrogens is 406 g/mol. The predicted octanol–water partition coefficient (Wildman–Crippen LogP) is 4.17. The molecule has 2 rings (SSSR count). The minimum atomic E-state index is -0.738. The molecule has 0 aliphatic heterocycles. The number of carboxylic acids is 1. The number of methoxy groups -OCH3 is 1. The number of aliphatic hydroxyl groups is 2. The van der Waals surface area contributed by atoms with E-state index in [9.17, 15) is 15.0 Å². The van der Waals surface area contributed by atoms with Gasteiger partial charge in [0.1, 0.15) is 5.75 Å². The van der Waals surface area contributed by atoms with Crippen LogP contribution in [-0.4, -0.2) is 53.2 Å². The Morgan fingerprint density at radius 2 is 1.78 bits per heavy atom. The molecule has 1 aliphatic rings. The van der Waals surface area contributed by atoms with E-state index in [2.05, 4.69) is 24.4 Å². The van der Waals surface area contributed by atoms with Crippen molar-refractivity contribution >= 4 is 5.97 Å². The molecule has 0 amide bonds. The molecule has 5 atom stereocenters. The molecule has 0 heterocycles. The molecule has 0 saturated heterocycles. The third kappa shape index (κ3) is 8.38. The number of ether oxygens (including phenoxy) is 1. The van der Waals surface area contributed by atoms with Crippen molar-refractivity contribution in [2.45, 2.75) is 95.3 Å². The summed E-state index contributed by atoms with van der Waals surface area (Å²) in [5.41, 5.74) is 1.21. The molecular formula is C26H43NO5. The molecule has 0 spiro atoms. The number of carboxylic acid groups (broad SMARTS) is 1. The summed E-state index contributed by atoms with van der Waals surface area (Å²) in [6.07, 6.45) is 8.04. The summed E-state index contributed by atoms with van der Waals surface area (Å²) in [4.78, 5) is 10.6. The Kier molecular flexibility index (Phi) is 11.0. The van der Waals surface area contributed by atoms with Gasteiger partial charge in [-0.05, 0) is 88.4 Å². The minimum Gasteiger partial charge on any atom is -0.497 e. The minimum absolute atomic E-state index is 0.0439. The van der Waals surface area contributed by atoms with Crippen molar-refractivity contribution in [3.8, 4) is 5.75 Å². The summed E-state index contributed by atoms with van der Waals surface area (Å²) in [6, 6.07) is 8.19. The maximum atomic E-state index is 10.6. The van der Waals surface area contributed by atoms with Crippen molar-refractivity contribution in [3.63, 3.8) is 0 Å². The lowest BCUT2D eigenvalue weighted by Gasteiger charge is -2.33. The monoisotopic (exact) mass is 449 g/mol. The molecule has 1 fully saturated rings. The van der Waals surface area contributed by atoms with Gasteiger partial charge in [0, 0.05) is 12.0 Å². The van der Waals surface area contributed by atoms with Gasteiger partial charge in [0.2, 0.25) is 0 Å². The first-order chi connectivity index (χ1) is 15.3. The van der Waals surface area contributed by atoms with Crippen molar-refractivity contribution in [1.29, 1.82) is 0 Å². The summed E-state index contributed by atoms with van der Waals surface area (Å²) in [5.74, 6) is 0.387. The maximum absolute atomic E-state index is 10.6. The number of hydrogen-bond donors (Lipinski definition) is 4. The molecule has 0 radical (unpaired) electrons. The fourth-order valence-electron chi connectivity index (χ4n) is 5.10. The highest BCUT2D eigenvalue weighted by molar-refractivity contribution is 5.66. The summed E-state index contributed by atoms with van der Waals surface area (Å²) in [6.45, 7) is 2.24. The van der Waals surface area contributed by atoms with E-state index in [1.807, 2.05) is 19.2 Å². The standard InChI is InChI=1S/C26H43NO5/c1-26(27-2,15-13-19-9-8-10-20(17-19)32-3)16-14-22-21(23(28)18-24(22)29)11-6-4-5-7-12-25(30)31/h8-10,17,21-24,27-29H,4-7,11-16,18H2,1-3H3,(H,30,31). The molecule has 1 saturated carbocycles. The molecule has 0 aromatic heterocycles. The van der Waals surface area contributed by atoms with Crippen LogP contribution in [0.25, 0.3) is 0 Å². The van der Waals surface area contributed by atoms with Gasteiger partial charge in [0.25, 0.3) is 0 Å². The van der Waals surface area contributed by atoms with Gasteiger partial charge in [-0.15, -0.1) is 0 Å². The average Bonchev–Trinajstić information content (AvgIpc) is 3.05. The van der Waals surface area contributed by atoms with Crippen LogP contribution in [0, 0.1) is 11.8 Å². The van der Waals surface area contributed by atoms with E-state index in [1.165, 1.54) is 5.56 Å². The molecule has 0 bridgehead atoms. The molecule has 1 aromatic rings. The highest BCUT2D eigenvalue weighted by atomic mass is 16.5. The van der Waals surface area contributed by atoms with Crippen LogP contribution in [0.2, 0.25) is 0 Å². The second-order valence-corrected chi connectivity index (χ2v) is 9.75. The van der Waals surface area contributed by atoms with Crippen LogP contribution in [0.4, 0.5) is 0 Å². The Bertz CT molecular complexity index is 697. The summed E-state index contributed by atoms with van der Waals surface area (Å²) >= 11 is 0. The zero-order valence-corrected chi connectivity index (χ0v) is 20.1. The van der Waals surface area contributed by atoms with Crippen LogP contribution in [-0.2, 0) is 11.2 Å². The zero-order valence-electron chi connectivity index (χ0n) is 20.1. The highest BCUT2D eigenvalue weighted by Gasteiger charge is 2.41. The highest BCUT2D eigenvalue weighted by Crippen LogP contribution is 2.40. The van der Waals surface area contributed by atoms with E-state index in [4.69, 9.17) is 9.84 Å². The largest absolute Gasteiger partial charge is 0.497 e. The first-order valence-corrected chi connectivity index (χ1v) is 12.2.